The lowest BCUT2D eigenvalue weighted by Gasteiger charge is -2.25. The van der Waals surface area contributed by atoms with Crippen molar-refractivity contribution in [3.05, 3.63) is 66.5 Å². The van der Waals surface area contributed by atoms with Gasteiger partial charge in [-0.05, 0) is 29.8 Å². The maximum Gasteiger partial charge on any atom is 0.260 e. The predicted octanol–water partition coefficient (Wildman–Crippen LogP) is 2.21. The predicted molar refractivity (Wildman–Crippen MR) is 117 cm³/mol. The number of carbonyl (C=O) groups is 2. The second kappa shape index (κ2) is 8.03. The Morgan fingerprint density at radius 2 is 1.94 bits per heavy atom. The molecule has 32 heavy (non-hydrogen) atoms. The van der Waals surface area contributed by atoms with Crippen molar-refractivity contribution < 1.29 is 19.1 Å². The highest BCUT2D eigenvalue weighted by atomic mass is 16.5. The SMILES string of the molecule is CN1C(=O)c2ccc(-c3cnn(C)c3)cc2O[C@H]2CN(C(=O)COc3ccccc3)C[C@H]21. The summed E-state index contributed by atoms with van der Waals surface area (Å²) in [6.45, 7) is 0.756. The van der Waals surface area contributed by atoms with Crippen LogP contribution in [0.5, 0.6) is 11.5 Å². The summed E-state index contributed by atoms with van der Waals surface area (Å²) in [6, 6.07) is 14.6. The van der Waals surface area contributed by atoms with E-state index in [0.29, 0.717) is 30.2 Å². The van der Waals surface area contributed by atoms with Crippen LogP contribution in [0.4, 0.5) is 0 Å². The molecular formula is C24H24N4O4. The second-order valence-electron chi connectivity index (χ2n) is 8.15. The zero-order valence-electron chi connectivity index (χ0n) is 18.0. The van der Waals surface area contributed by atoms with Gasteiger partial charge in [0.2, 0.25) is 0 Å². The van der Waals surface area contributed by atoms with E-state index in [0.717, 1.165) is 11.1 Å². The molecule has 1 aromatic heterocycles. The number of fused-ring (bicyclic) bond motifs is 2. The summed E-state index contributed by atoms with van der Waals surface area (Å²) in [7, 11) is 3.63. The van der Waals surface area contributed by atoms with Crippen molar-refractivity contribution in [3.8, 4) is 22.6 Å². The Morgan fingerprint density at radius 1 is 1.12 bits per heavy atom. The van der Waals surface area contributed by atoms with Gasteiger partial charge in [0, 0.05) is 32.4 Å². The van der Waals surface area contributed by atoms with E-state index in [1.54, 1.807) is 33.8 Å². The van der Waals surface area contributed by atoms with Gasteiger partial charge in [-0.2, -0.15) is 5.10 Å². The first-order chi connectivity index (χ1) is 15.5. The van der Waals surface area contributed by atoms with E-state index in [2.05, 4.69) is 5.10 Å². The minimum absolute atomic E-state index is 0.0527. The highest BCUT2D eigenvalue weighted by molar-refractivity contribution is 5.98. The lowest BCUT2D eigenvalue weighted by molar-refractivity contribution is -0.132. The van der Waals surface area contributed by atoms with Crippen LogP contribution in [-0.2, 0) is 11.8 Å². The summed E-state index contributed by atoms with van der Waals surface area (Å²) >= 11 is 0. The van der Waals surface area contributed by atoms with Gasteiger partial charge in [0.05, 0.1) is 24.3 Å². The number of carbonyl (C=O) groups excluding carboxylic acids is 2. The Morgan fingerprint density at radius 3 is 2.69 bits per heavy atom. The number of amides is 2. The Labute approximate surface area is 185 Å². The lowest BCUT2D eigenvalue weighted by atomic mass is 10.1. The number of para-hydroxylation sites is 1. The van der Waals surface area contributed by atoms with E-state index in [1.165, 1.54) is 0 Å². The molecule has 3 aromatic rings. The molecule has 2 aromatic carbocycles. The molecule has 2 aliphatic rings. The molecule has 8 heteroatoms. The van der Waals surface area contributed by atoms with E-state index in [9.17, 15) is 9.59 Å². The third-order valence-electron chi connectivity index (χ3n) is 6.04. The molecule has 0 saturated carbocycles. The van der Waals surface area contributed by atoms with Gasteiger partial charge in [0.15, 0.2) is 6.61 Å². The summed E-state index contributed by atoms with van der Waals surface area (Å²) in [5, 5.41) is 4.22. The van der Waals surface area contributed by atoms with Crippen LogP contribution in [0.15, 0.2) is 60.9 Å². The zero-order valence-corrected chi connectivity index (χ0v) is 18.0. The summed E-state index contributed by atoms with van der Waals surface area (Å²) in [4.78, 5) is 29.3. The molecule has 0 radical (unpaired) electrons. The van der Waals surface area contributed by atoms with Gasteiger partial charge in [-0.25, -0.2) is 0 Å². The number of aryl methyl sites for hydroxylation is 1. The van der Waals surface area contributed by atoms with Gasteiger partial charge in [-0.15, -0.1) is 0 Å². The Balaban J connectivity index is 1.34. The molecule has 3 heterocycles. The van der Waals surface area contributed by atoms with Crippen molar-refractivity contribution in [3.63, 3.8) is 0 Å². The molecule has 8 nitrogen and oxygen atoms in total. The molecule has 0 aliphatic carbocycles. The smallest absolute Gasteiger partial charge is 0.260 e. The van der Waals surface area contributed by atoms with Gasteiger partial charge in [0.25, 0.3) is 11.8 Å². The minimum Gasteiger partial charge on any atom is -0.485 e. The number of likely N-dealkylation sites (N-methyl/N-ethyl adjacent to an activating group) is 1. The number of rotatable bonds is 4. The Hall–Kier alpha value is -3.81. The third kappa shape index (κ3) is 3.68. The van der Waals surface area contributed by atoms with Gasteiger partial charge in [0.1, 0.15) is 17.6 Å². The normalized spacial score (nSPS) is 19.8. The first kappa shape index (κ1) is 20.1. The maximum absolute atomic E-state index is 13.1. The average molecular weight is 432 g/mol. The standard InChI is InChI=1S/C24H24N4O4/c1-26-12-17(11-25-26)16-8-9-19-21(10-16)32-22-14-28(13-20(22)27(2)24(19)30)23(29)15-31-18-6-4-3-5-7-18/h3-12,20,22H,13-15H2,1-2H3/t20-,22+/m1/s1. The number of ether oxygens (including phenoxy) is 2. The molecule has 0 N–H and O–H groups in total. The molecule has 0 spiro atoms. The van der Waals surface area contributed by atoms with Gasteiger partial charge in [-0.1, -0.05) is 24.3 Å². The Kier molecular flexibility index (Phi) is 5.05. The van der Waals surface area contributed by atoms with Crippen LogP contribution < -0.4 is 9.47 Å². The van der Waals surface area contributed by atoms with Crippen LogP contribution >= 0.6 is 0 Å². The molecular weight excluding hydrogens is 408 g/mol. The largest absolute Gasteiger partial charge is 0.485 e. The van der Waals surface area contributed by atoms with E-state index >= 15 is 0 Å². The number of aromatic nitrogens is 2. The molecule has 2 atom stereocenters. The molecule has 0 unspecified atom stereocenters. The number of hydrogen-bond acceptors (Lipinski definition) is 5. The minimum atomic E-state index is -0.310. The fourth-order valence-corrected chi connectivity index (χ4v) is 4.25. The van der Waals surface area contributed by atoms with E-state index in [4.69, 9.17) is 9.47 Å². The van der Waals surface area contributed by atoms with E-state index < -0.39 is 0 Å². The second-order valence-corrected chi connectivity index (χ2v) is 8.15. The maximum atomic E-state index is 13.1. The topological polar surface area (TPSA) is 76.9 Å². The molecule has 0 bridgehead atoms. The Bertz CT molecular complexity index is 1160. The van der Waals surface area contributed by atoms with Crippen LogP contribution in [0.2, 0.25) is 0 Å². The van der Waals surface area contributed by atoms with E-state index in [-0.39, 0.29) is 30.6 Å². The molecule has 164 valence electrons. The van der Waals surface area contributed by atoms with Crippen LogP contribution in [0.25, 0.3) is 11.1 Å². The summed E-state index contributed by atoms with van der Waals surface area (Å²) in [5.41, 5.74) is 2.40. The van der Waals surface area contributed by atoms with Crippen molar-refractivity contribution in [1.29, 1.82) is 0 Å². The van der Waals surface area contributed by atoms with Crippen molar-refractivity contribution in [2.24, 2.45) is 7.05 Å². The summed E-state index contributed by atoms with van der Waals surface area (Å²) in [6.07, 6.45) is 3.38. The summed E-state index contributed by atoms with van der Waals surface area (Å²) < 4.78 is 13.6. The highest BCUT2D eigenvalue weighted by Gasteiger charge is 2.43. The first-order valence-corrected chi connectivity index (χ1v) is 10.5. The zero-order chi connectivity index (χ0) is 22.2. The average Bonchev–Trinajstić information content (AvgIpc) is 3.41. The summed E-state index contributed by atoms with van der Waals surface area (Å²) in [5.74, 6) is 0.941. The van der Waals surface area contributed by atoms with Crippen LogP contribution in [0, 0.1) is 0 Å². The molecule has 5 rings (SSSR count). The number of nitrogens with zero attached hydrogens (tertiary/aromatic N) is 4. The molecule has 1 saturated heterocycles. The van der Waals surface area contributed by atoms with Gasteiger partial charge in [-0.3, -0.25) is 14.3 Å². The van der Waals surface area contributed by atoms with Crippen molar-refractivity contribution in [1.82, 2.24) is 19.6 Å². The van der Waals surface area contributed by atoms with Crippen molar-refractivity contribution in [2.45, 2.75) is 12.1 Å². The van der Waals surface area contributed by atoms with Crippen molar-refractivity contribution in [2.75, 3.05) is 26.7 Å². The number of benzene rings is 2. The van der Waals surface area contributed by atoms with Crippen molar-refractivity contribution >= 4 is 11.8 Å². The fourth-order valence-electron chi connectivity index (χ4n) is 4.25. The van der Waals surface area contributed by atoms with Gasteiger partial charge < -0.3 is 19.3 Å². The molecule has 2 amide bonds. The lowest BCUT2D eigenvalue weighted by Crippen LogP contribution is -2.44. The van der Waals surface area contributed by atoms with Crippen LogP contribution in [0.1, 0.15) is 10.4 Å². The highest BCUT2D eigenvalue weighted by Crippen LogP contribution is 2.34. The van der Waals surface area contributed by atoms with Crippen LogP contribution in [-0.4, -0.2) is 70.3 Å². The monoisotopic (exact) mass is 432 g/mol. The third-order valence-corrected chi connectivity index (χ3v) is 6.04. The number of likely N-dealkylation sites (tertiary alicyclic amines) is 1. The number of hydrogen-bond donors (Lipinski definition) is 0. The fraction of sp³-hybridized carbons (Fsp3) is 0.292. The van der Waals surface area contributed by atoms with Crippen LogP contribution in [0.3, 0.4) is 0 Å². The first-order valence-electron chi connectivity index (χ1n) is 10.5. The molecule has 1 fully saturated rings. The molecule has 2 aliphatic heterocycles. The van der Waals surface area contributed by atoms with Gasteiger partial charge >= 0.3 is 0 Å². The van der Waals surface area contributed by atoms with E-state index in [1.807, 2.05) is 55.7 Å². The quantitative estimate of drug-likeness (QED) is 0.632.